The maximum absolute atomic E-state index is 11.9. The van der Waals surface area contributed by atoms with Gasteiger partial charge in [-0.3, -0.25) is 4.79 Å². The van der Waals surface area contributed by atoms with Crippen LogP contribution in [0.3, 0.4) is 0 Å². The van der Waals surface area contributed by atoms with E-state index >= 15 is 0 Å². The molecule has 1 amide bonds. The van der Waals surface area contributed by atoms with Crippen LogP contribution in [0.5, 0.6) is 0 Å². The number of nitrogens with zero attached hydrogens (tertiary/aromatic N) is 2. The van der Waals surface area contributed by atoms with Crippen molar-refractivity contribution in [2.45, 2.75) is 6.92 Å². The summed E-state index contributed by atoms with van der Waals surface area (Å²) in [6, 6.07) is 7.75. The van der Waals surface area contributed by atoms with Gasteiger partial charge in [0.2, 0.25) is 0 Å². The van der Waals surface area contributed by atoms with Crippen LogP contribution in [0.15, 0.2) is 41.1 Å². The van der Waals surface area contributed by atoms with Gasteiger partial charge < -0.3 is 10.6 Å². The molecule has 6 heteroatoms. The number of hydrogen-bond acceptors (Lipinski definition) is 3. The first kappa shape index (κ1) is 14.7. The molecule has 1 aromatic heterocycles. The molecular formula is C14H17BrN4O. The first-order valence-corrected chi connectivity index (χ1v) is 7.29. The highest BCUT2D eigenvalue weighted by Gasteiger charge is 2.08. The summed E-state index contributed by atoms with van der Waals surface area (Å²) < 4.78 is 2.66. The van der Waals surface area contributed by atoms with E-state index in [2.05, 4.69) is 31.7 Å². The van der Waals surface area contributed by atoms with Crippen molar-refractivity contribution >= 4 is 21.8 Å². The van der Waals surface area contributed by atoms with Crippen molar-refractivity contribution in [3.05, 3.63) is 46.7 Å². The van der Waals surface area contributed by atoms with Gasteiger partial charge in [-0.15, -0.1) is 0 Å². The van der Waals surface area contributed by atoms with Gasteiger partial charge in [0.05, 0.1) is 17.4 Å². The summed E-state index contributed by atoms with van der Waals surface area (Å²) in [5.41, 5.74) is 1.47. The highest BCUT2D eigenvalue weighted by atomic mass is 79.9. The Morgan fingerprint density at radius 2 is 2.25 bits per heavy atom. The number of benzene rings is 1. The van der Waals surface area contributed by atoms with Crippen molar-refractivity contribution in [2.75, 3.05) is 19.6 Å². The maximum atomic E-state index is 11.9. The normalized spacial score (nSPS) is 10.5. The van der Waals surface area contributed by atoms with Crippen LogP contribution in [-0.2, 0) is 0 Å². The molecule has 0 radical (unpaired) electrons. The van der Waals surface area contributed by atoms with Gasteiger partial charge in [-0.2, -0.15) is 5.10 Å². The summed E-state index contributed by atoms with van der Waals surface area (Å²) >= 11 is 3.42. The zero-order chi connectivity index (χ0) is 14.4. The van der Waals surface area contributed by atoms with Crippen LogP contribution in [0.25, 0.3) is 5.69 Å². The molecule has 0 atom stereocenters. The van der Waals surface area contributed by atoms with E-state index in [1.54, 1.807) is 17.1 Å². The van der Waals surface area contributed by atoms with Crippen LogP contribution in [0, 0.1) is 0 Å². The van der Waals surface area contributed by atoms with E-state index in [0.29, 0.717) is 12.1 Å². The molecule has 1 aromatic carbocycles. The monoisotopic (exact) mass is 336 g/mol. The third-order valence-corrected chi connectivity index (χ3v) is 3.25. The van der Waals surface area contributed by atoms with Crippen LogP contribution in [0.2, 0.25) is 0 Å². The number of nitrogens with one attached hydrogen (secondary N) is 2. The molecular weight excluding hydrogens is 320 g/mol. The lowest BCUT2D eigenvalue weighted by atomic mass is 10.3. The number of aromatic nitrogens is 2. The van der Waals surface area contributed by atoms with E-state index in [0.717, 1.165) is 23.2 Å². The molecule has 0 saturated heterocycles. The van der Waals surface area contributed by atoms with Crippen LogP contribution in [0.4, 0.5) is 0 Å². The molecule has 2 aromatic rings. The Labute approximate surface area is 126 Å². The Kier molecular flexibility index (Phi) is 5.31. The smallest absolute Gasteiger partial charge is 0.254 e. The zero-order valence-electron chi connectivity index (χ0n) is 11.3. The molecule has 20 heavy (non-hydrogen) atoms. The molecule has 2 N–H and O–H groups in total. The molecule has 0 aliphatic heterocycles. The first-order chi connectivity index (χ1) is 9.70. The maximum Gasteiger partial charge on any atom is 0.254 e. The van der Waals surface area contributed by atoms with Crippen molar-refractivity contribution < 1.29 is 4.79 Å². The third-order valence-electron chi connectivity index (χ3n) is 2.75. The van der Waals surface area contributed by atoms with Gasteiger partial charge in [0.15, 0.2) is 0 Å². The van der Waals surface area contributed by atoms with Crippen molar-refractivity contribution in [1.29, 1.82) is 0 Å². The highest BCUT2D eigenvalue weighted by molar-refractivity contribution is 9.10. The van der Waals surface area contributed by atoms with Gasteiger partial charge in [0, 0.05) is 23.8 Å². The lowest BCUT2D eigenvalue weighted by molar-refractivity contribution is 0.0954. The van der Waals surface area contributed by atoms with E-state index in [-0.39, 0.29) is 5.91 Å². The quantitative estimate of drug-likeness (QED) is 0.793. The van der Waals surface area contributed by atoms with Gasteiger partial charge >= 0.3 is 0 Å². The molecule has 0 aliphatic rings. The molecule has 0 spiro atoms. The first-order valence-electron chi connectivity index (χ1n) is 6.50. The average Bonchev–Trinajstić information content (AvgIpc) is 2.93. The minimum Gasteiger partial charge on any atom is -0.351 e. The van der Waals surface area contributed by atoms with E-state index in [9.17, 15) is 4.79 Å². The predicted octanol–water partition coefficient (Wildman–Crippen LogP) is 1.97. The highest BCUT2D eigenvalue weighted by Crippen LogP contribution is 2.15. The third kappa shape index (κ3) is 3.91. The summed E-state index contributed by atoms with van der Waals surface area (Å²) in [5, 5.41) is 10.2. The molecule has 0 fully saturated rings. The van der Waals surface area contributed by atoms with E-state index in [1.807, 2.05) is 31.2 Å². The number of halogens is 1. The van der Waals surface area contributed by atoms with Crippen molar-refractivity contribution in [1.82, 2.24) is 20.4 Å². The van der Waals surface area contributed by atoms with Gasteiger partial charge in [-0.05, 0) is 24.7 Å². The van der Waals surface area contributed by atoms with Crippen LogP contribution < -0.4 is 10.6 Å². The summed E-state index contributed by atoms with van der Waals surface area (Å²) in [4.78, 5) is 11.9. The fraction of sp³-hybridized carbons (Fsp3) is 0.286. The summed E-state index contributed by atoms with van der Waals surface area (Å²) in [7, 11) is 0. The van der Waals surface area contributed by atoms with Crippen LogP contribution in [0.1, 0.15) is 17.3 Å². The second-order valence-electron chi connectivity index (χ2n) is 4.26. The number of carbonyl (C=O) groups is 1. The minimum atomic E-state index is -0.107. The Hall–Kier alpha value is -1.66. The molecule has 2 rings (SSSR count). The van der Waals surface area contributed by atoms with E-state index in [4.69, 9.17) is 0 Å². The minimum absolute atomic E-state index is 0.107. The van der Waals surface area contributed by atoms with E-state index < -0.39 is 0 Å². The largest absolute Gasteiger partial charge is 0.351 e. The lowest BCUT2D eigenvalue weighted by Crippen LogP contribution is -2.31. The van der Waals surface area contributed by atoms with Gasteiger partial charge in [-0.1, -0.05) is 28.9 Å². The van der Waals surface area contributed by atoms with Crippen molar-refractivity contribution in [3.63, 3.8) is 0 Å². The Balaban J connectivity index is 2.00. The van der Waals surface area contributed by atoms with Gasteiger partial charge in [0.1, 0.15) is 0 Å². The lowest BCUT2D eigenvalue weighted by Gasteiger charge is -2.03. The van der Waals surface area contributed by atoms with Crippen LogP contribution in [-0.4, -0.2) is 35.3 Å². The second-order valence-corrected chi connectivity index (χ2v) is 5.18. The topological polar surface area (TPSA) is 58.9 Å². The molecule has 1 heterocycles. The van der Waals surface area contributed by atoms with Gasteiger partial charge in [-0.25, -0.2) is 4.68 Å². The molecule has 5 nitrogen and oxygen atoms in total. The Bertz CT molecular complexity index is 582. The fourth-order valence-corrected chi connectivity index (χ4v) is 2.13. The Morgan fingerprint density at radius 1 is 1.40 bits per heavy atom. The SMILES string of the molecule is CCNCCNC(=O)c1cnn(-c2cccc(Br)c2)c1. The summed E-state index contributed by atoms with van der Waals surface area (Å²) in [5.74, 6) is -0.107. The molecule has 106 valence electrons. The standard InChI is InChI=1S/C14H17BrN4O/c1-2-16-6-7-17-14(20)11-9-18-19(10-11)13-5-3-4-12(15)8-13/h3-5,8-10,16H,2,6-7H2,1H3,(H,17,20). The summed E-state index contributed by atoms with van der Waals surface area (Å²) in [6.45, 7) is 4.30. The predicted molar refractivity (Wildman–Crippen MR) is 82.1 cm³/mol. The van der Waals surface area contributed by atoms with Crippen molar-refractivity contribution in [2.24, 2.45) is 0 Å². The average molecular weight is 337 g/mol. The zero-order valence-corrected chi connectivity index (χ0v) is 12.9. The molecule has 0 unspecified atom stereocenters. The van der Waals surface area contributed by atoms with Gasteiger partial charge in [0.25, 0.3) is 5.91 Å². The fourth-order valence-electron chi connectivity index (χ4n) is 1.74. The van der Waals surface area contributed by atoms with Crippen molar-refractivity contribution in [3.8, 4) is 5.69 Å². The second kappa shape index (κ2) is 7.21. The molecule has 0 saturated carbocycles. The number of rotatable bonds is 6. The number of amides is 1. The number of carbonyl (C=O) groups excluding carboxylic acids is 1. The van der Waals surface area contributed by atoms with Crippen LogP contribution >= 0.6 is 15.9 Å². The Morgan fingerprint density at radius 3 is 3.00 bits per heavy atom. The molecule has 0 bridgehead atoms. The van der Waals surface area contributed by atoms with E-state index in [1.165, 1.54) is 0 Å². The summed E-state index contributed by atoms with van der Waals surface area (Å²) in [6.07, 6.45) is 3.30. The molecule has 0 aliphatic carbocycles. The number of hydrogen-bond donors (Lipinski definition) is 2. The number of likely N-dealkylation sites (N-methyl/N-ethyl adjacent to an activating group) is 1.